The largest absolute Gasteiger partial charge is 0.444 e. The molecule has 0 bridgehead atoms. The van der Waals surface area contributed by atoms with Gasteiger partial charge in [0.1, 0.15) is 5.60 Å². The van der Waals surface area contributed by atoms with E-state index in [9.17, 15) is 9.59 Å². The minimum absolute atomic E-state index is 0.0234. The third-order valence-corrected chi connectivity index (χ3v) is 5.15. The number of ether oxygens (including phenoxy) is 1. The standard InChI is InChI=1S/C21H32BrN3O3/c1-21(2,3)28-20(27)24(4)14-16-6-5-12-25(15-16)13-11-19(26)23-18-9-7-17(22)8-10-18/h7-10,16H,5-6,11-15H2,1-4H3,(H,23,26). The molecule has 0 aromatic heterocycles. The number of amides is 2. The highest BCUT2D eigenvalue weighted by molar-refractivity contribution is 9.10. The zero-order valence-electron chi connectivity index (χ0n) is 17.3. The molecule has 1 aromatic carbocycles. The Hall–Kier alpha value is -1.60. The van der Waals surface area contributed by atoms with Crippen molar-refractivity contribution in [1.82, 2.24) is 9.80 Å². The number of hydrogen-bond donors (Lipinski definition) is 1. The fourth-order valence-electron chi connectivity index (χ4n) is 3.32. The molecule has 1 aromatic rings. The fourth-order valence-corrected chi connectivity index (χ4v) is 3.59. The Morgan fingerprint density at radius 3 is 2.61 bits per heavy atom. The number of carbonyl (C=O) groups excluding carboxylic acids is 2. The molecule has 0 aliphatic carbocycles. The van der Waals surface area contributed by atoms with Crippen molar-refractivity contribution in [3.63, 3.8) is 0 Å². The molecule has 0 spiro atoms. The molecule has 156 valence electrons. The van der Waals surface area contributed by atoms with Gasteiger partial charge in [0, 0.05) is 43.3 Å². The van der Waals surface area contributed by atoms with Crippen molar-refractivity contribution in [2.45, 2.75) is 45.6 Å². The second-order valence-electron chi connectivity index (χ2n) is 8.47. The van der Waals surface area contributed by atoms with E-state index in [1.54, 1.807) is 11.9 Å². The Labute approximate surface area is 176 Å². The first-order chi connectivity index (χ1) is 13.1. The molecule has 1 saturated heterocycles. The summed E-state index contributed by atoms with van der Waals surface area (Å²) in [6.45, 7) is 8.93. The topological polar surface area (TPSA) is 61.9 Å². The Morgan fingerprint density at radius 1 is 1.29 bits per heavy atom. The molecule has 1 N–H and O–H groups in total. The first kappa shape index (κ1) is 22.7. The molecule has 1 aliphatic rings. The monoisotopic (exact) mass is 453 g/mol. The normalized spacial score (nSPS) is 17.8. The third kappa shape index (κ3) is 8.19. The van der Waals surface area contributed by atoms with Gasteiger partial charge in [-0.15, -0.1) is 0 Å². The van der Waals surface area contributed by atoms with Gasteiger partial charge in [-0.3, -0.25) is 4.79 Å². The molecular weight excluding hydrogens is 422 g/mol. The van der Waals surface area contributed by atoms with Gasteiger partial charge in [0.15, 0.2) is 0 Å². The van der Waals surface area contributed by atoms with Crippen LogP contribution in [-0.4, -0.2) is 60.6 Å². The highest BCUT2D eigenvalue weighted by Gasteiger charge is 2.25. The summed E-state index contributed by atoms with van der Waals surface area (Å²) in [5.41, 5.74) is 0.329. The molecule has 2 amide bonds. The average Bonchev–Trinajstić information content (AvgIpc) is 2.61. The molecule has 0 saturated carbocycles. The van der Waals surface area contributed by atoms with Crippen LogP contribution in [0.25, 0.3) is 0 Å². The van der Waals surface area contributed by atoms with Crippen LogP contribution in [0.15, 0.2) is 28.7 Å². The summed E-state index contributed by atoms with van der Waals surface area (Å²) in [7, 11) is 1.79. The summed E-state index contributed by atoms with van der Waals surface area (Å²) >= 11 is 3.39. The van der Waals surface area contributed by atoms with E-state index in [1.807, 2.05) is 45.0 Å². The van der Waals surface area contributed by atoms with Crippen molar-refractivity contribution in [3.05, 3.63) is 28.7 Å². The predicted molar refractivity (Wildman–Crippen MR) is 115 cm³/mol. The van der Waals surface area contributed by atoms with Gasteiger partial charge in [0.2, 0.25) is 5.91 Å². The van der Waals surface area contributed by atoms with Gasteiger partial charge in [-0.1, -0.05) is 15.9 Å². The molecule has 1 aliphatic heterocycles. The van der Waals surface area contributed by atoms with Crippen LogP contribution in [-0.2, 0) is 9.53 Å². The molecule has 1 atom stereocenters. The SMILES string of the molecule is CN(CC1CCCN(CCC(=O)Nc2ccc(Br)cc2)C1)C(=O)OC(C)(C)C. The molecule has 2 rings (SSSR count). The fraction of sp³-hybridized carbons (Fsp3) is 0.619. The minimum Gasteiger partial charge on any atom is -0.444 e. The van der Waals surface area contributed by atoms with Gasteiger partial charge in [0.05, 0.1) is 0 Å². The van der Waals surface area contributed by atoms with Crippen LogP contribution in [0.1, 0.15) is 40.0 Å². The number of rotatable bonds is 6. The third-order valence-electron chi connectivity index (χ3n) is 4.62. The van der Waals surface area contributed by atoms with E-state index in [0.29, 0.717) is 18.9 Å². The van der Waals surface area contributed by atoms with E-state index in [2.05, 4.69) is 26.1 Å². The maximum atomic E-state index is 12.2. The van der Waals surface area contributed by atoms with Gasteiger partial charge < -0.3 is 19.9 Å². The second-order valence-corrected chi connectivity index (χ2v) is 9.39. The molecular formula is C21H32BrN3O3. The van der Waals surface area contributed by atoms with Gasteiger partial charge in [-0.05, 0) is 70.3 Å². The van der Waals surface area contributed by atoms with E-state index < -0.39 is 5.60 Å². The van der Waals surface area contributed by atoms with E-state index >= 15 is 0 Å². The van der Waals surface area contributed by atoms with E-state index in [1.165, 1.54) is 0 Å². The number of anilines is 1. The van der Waals surface area contributed by atoms with Gasteiger partial charge >= 0.3 is 6.09 Å². The number of halogens is 1. The van der Waals surface area contributed by atoms with Crippen molar-refractivity contribution in [2.75, 3.05) is 38.5 Å². The molecule has 0 radical (unpaired) electrons. The van der Waals surface area contributed by atoms with Crippen LogP contribution in [0.3, 0.4) is 0 Å². The molecule has 28 heavy (non-hydrogen) atoms. The van der Waals surface area contributed by atoms with Crippen LogP contribution >= 0.6 is 15.9 Å². The number of carbonyl (C=O) groups is 2. The minimum atomic E-state index is -0.480. The lowest BCUT2D eigenvalue weighted by Crippen LogP contribution is -2.43. The number of likely N-dealkylation sites (tertiary alicyclic amines) is 1. The van der Waals surface area contributed by atoms with Crippen molar-refractivity contribution in [1.29, 1.82) is 0 Å². The number of piperidine rings is 1. The number of benzene rings is 1. The lowest BCUT2D eigenvalue weighted by Gasteiger charge is -2.35. The van der Waals surface area contributed by atoms with Crippen molar-refractivity contribution in [2.24, 2.45) is 5.92 Å². The van der Waals surface area contributed by atoms with Gasteiger partial charge in [0.25, 0.3) is 0 Å². The number of hydrogen-bond acceptors (Lipinski definition) is 4. The Balaban J connectivity index is 1.74. The van der Waals surface area contributed by atoms with E-state index in [4.69, 9.17) is 4.74 Å². The van der Waals surface area contributed by atoms with Crippen molar-refractivity contribution in [3.8, 4) is 0 Å². The molecule has 7 heteroatoms. The zero-order valence-corrected chi connectivity index (χ0v) is 18.9. The maximum Gasteiger partial charge on any atom is 0.410 e. The Morgan fingerprint density at radius 2 is 1.96 bits per heavy atom. The van der Waals surface area contributed by atoms with Gasteiger partial charge in [-0.25, -0.2) is 4.79 Å². The summed E-state index contributed by atoms with van der Waals surface area (Å²) in [6.07, 6.45) is 2.36. The lowest BCUT2D eigenvalue weighted by atomic mass is 9.97. The molecule has 1 heterocycles. The summed E-state index contributed by atoms with van der Waals surface area (Å²) in [5, 5.41) is 2.93. The molecule has 1 fully saturated rings. The maximum absolute atomic E-state index is 12.2. The van der Waals surface area contributed by atoms with Crippen molar-refractivity contribution < 1.29 is 14.3 Å². The number of nitrogens with zero attached hydrogens (tertiary/aromatic N) is 2. The van der Waals surface area contributed by atoms with Gasteiger partial charge in [-0.2, -0.15) is 0 Å². The van der Waals surface area contributed by atoms with Crippen LogP contribution in [0.5, 0.6) is 0 Å². The number of nitrogens with one attached hydrogen (secondary N) is 1. The van der Waals surface area contributed by atoms with Crippen LogP contribution < -0.4 is 5.32 Å². The van der Waals surface area contributed by atoms with E-state index in [0.717, 1.165) is 42.6 Å². The highest BCUT2D eigenvalue weighted by atomic mass is 79.9. The smallest absolute Gasteiger partial charge is 0.410 e. The second kappa shape index (κ2) is 10.3. The Bertz CT molecular complexity index is 658. The Kier molecular flexibility index (Phi) is 8.31. The zero-order chi connectivity index (χ0) is 20.7. The quantitative estimate of drug-likeness (QED) is 0.694. The van der Waals surface area contributed by atoms with Crippen LogP contribution in [0, 0.1) is 5.92 Å². The first-order valence-corrected chi connectivity index (χ1v) is 10.6. The van der Waals surface area contributed by atoms with E-state index in [-0.39, 0.29) is 12.0 Å². The van der Waals surface area contributed by atoms with Crippen LogP contribution in [0.2, 0.25) is 0 Å². The molecule has 1 unspecified atom stereocenters. The summed E-state index contributed by atoms with van der Waals surface area (Å²) in [4.78, 5) is 28.3. The van der Waals surface area contributed by atoms with Crippen LogP contribution in [0.4, 0.5) is 10.5 Å². The first-order valence-electron chi connectivity index (χ1n) is 9.84. The summed E-state index contributed by atoms with van der Waals surface area (Å²) in [5.74, 6) is 0.427. The average molecular weight is 454 g/mol. The molecule has 6 nitrogen and oxygen atoms in total. The summed E-state index contributed by atoms with van der Waals surface area (Å²) in [6, 6.07) is 7.58. The lowest BCUT2D eigenvalue weighted by molar-refractivity contribution is -0.116. The predicted octanol–water partition coefficient (Wildman–Crippen LogP) is 4.36. The van der Waals surface area contributed by atoms with Crippen molar-refractivity contribution >= 4 is 33.6 Å². The summed E-state index contributed by atoms with van der Waals surface area (Å²) < 4.78 is 6.42. The highest BCUT2D eigenvalue weighted by Crippen LogP contribution is 2.19.